The molecule has 0 bridgehead atoms. The molecule has 2 rings (SSSR count). The second-order valence-electron chi connectivity index (χ2n) is 2.20. The fourth-order valence-corrected chi connectivity index (χ4v) is 1.31. The van der Waals surface area contributed by atoms with Gasteiger partial charge in [0.2, 0.25) is 0 Å². The summed E-state index contributed by atoms with van der Waals surface area (Å²) in [6.07, 6.45) is 3.44. The van der Waals surface area contributed by atoms with Crippen molar-refractivity contribution in [2.24, 2.45) is 7.05 Å². The van der Waals surface area contributed by atoms with Crippen LogP contribution in [0, 0.1) is 0 Å². The number of halogens is 1. The maximum Gasteiger partial charge on any atom is 0.130 e. The zero-order chi connectivity index (χ0) is 7.84. The molecule has 0 saturated heterocycles. The Morgan fingerprint density at radius 1 is 1.45 bits per heavy atom. The summed E-state index contributed by atoms with van der Waals surface area (Å²) in [4.78, 5) is 4.00. The molecule has 2 aromatic rings. The van der Waals surface area contributed by atoms with Crippen molar-refractivity contribution in [3.05, 3.63) is 16.9 Å². The maximum atomic E-state index is 4.00. The quantitative estimate of drug-likeness (QED) is 0.658. The Bertz CT molecular complexity index is 394. The number of pyridine rings is 1. The van der Waals surface area contributed by atoms with Gasteiger partial charge in [0, 0.05) is 13.2 Å². The molecule has 0 N–H and O–H groups in total. The van der Waals surface area contributed by atoms with E-state index < -0.39 is 0 Å². The first kappa shape index (κ1) is 6.72. The highest BCUT2D eigenvalue weighted by Crippen LogP contribution is 2.18. The van der Waals surface area contributed by atoms with Gasteiger partial charge < -0.3 is 0 Å². The summed E-state index contributed by atoms with van der Waals surface area (Å²) in [5.41, 5.74) is 1.78. The zero-order valence-electron chi connectivity index (χ0n) is 5.82. The fourth-order valence-electron chi connectivity index (χ4n) is 0.914. The van der Waals surface area contributed by atoms with E-state index in [1.807, 2.05) is 7.05 Å². The normalized spacial score (nSPS) is 10.7. The third-order valence-electron chi connectivity index (χ3n) is 1.48. The molecule has 0 fully saturated rings. The number of fused-ring (bicyclic) bond motifs is 1. The number of nitrogens with zero attached hydrogens (tertiary/aromatic N) is 4. The van der Waals surface area contributed by atoms with E-state index in [1.54, 1.807) is 17.1 Å². The second-order valence-corrected chi connectivity index (χ2v) is 3.06. The van der Waals surface area contributed by atoms with Gasteiger partial charge in [0.15, 0.2) is 0 Å². The monoisotopic (exact) mass is 212 g/mol. The molecule has 0 radical (unpaired) electrons. The third kappa shape index (κ3) is 0.920. The first-order valence-electron chi connectivity index (χ1n) is 3.08. The van der Waals surface area contributed by atoms with Crippen LogP contribution in [-0.2, 0) is 7.05 Å². The van der Waals surface area contributed by atoms with Crippen LogP contribution in [0.1, 0.15) is 0 Å². The van der Waals surface area contributed by atoms with Gasteiger partial charge in [-0.2, -0.15) is 0 Å². The summed E-state index contributed by atoms with van der Waals surface area (Å²) in [6.45, 7) is 0. The highest BCUT2D eigenvalue weighted by molar-refractivity contribution is 9.10. The van der Waals surface area contributed by atoms with E-state index in [-0.39, 0.29) is 0 Å². The zero-order valence-corrected chi connectivity index (χ0v) is 7.41. The van der Waals surface area contributed by atoms with Crippen molar-refractivity contribution < 1.29 is 0 Å². The molecule has 0 atom stereocenters. The SMILES string of the molecule is Cn1nnc2c(Br)cncc21. The summed E-state index contributed by atoms with van der Waals surface area (Å²) >= 11 is 3.33. The molecular weight excluding hydrogens is 208 g/mol. The Balaban J connectivity index is 2.94. The van der Waals surface area contributed by atoms with Crippen LogP contribution in [0.3, 0.4) is 0 Å². The molecule has 0 aromatic carbocycles. The van der Waals surface area contributed by atoms with Crippen LogP contribution in [0.15, 0.2) is 16.9 Å². The Labute approximate surface area is 71.4 Å². The van der Waals surface area contributed by atoms with E-state index in [9.17, 15) is 0 Å². The molecule has 0 aliphatic rings. The van der Waals surface area contributed by atoms with Crippen molar-refractivity contribution in [2.75, 3.05) is 0 Å². The van der Waals surface area contributed by atoms with Crippen molar-refractivity contribution in [3.63, 3.8) is 0 Å². The van der Waals surface area contributed by atoms with Crippen LogP contribution in [0.2, 0.25) is 0 Å². The Morgan fingerprint density at radius 3 is 3.00 bits per heavy atom. The molecule has 2 aromatic heterocycles. The molecule has 0 amide bonds. The largest absolute Gasteiger partial charge is 0.261 e. The van der Waals surface area contributed by atoms with Crippen LogP contribution in [0.5, 0.6) is 0 Å². The number of rotatable bonds is 0. The van der Waals surface area contributed by atoms with Gasteiger partial charge >= 0.3 is 0 Å². The average molecular weight is 213 g/mol. The lowest BCUT2D eigenvalue weighted by molar-refractivity contribution is 0.735. The van der Waals surface area contributed by atoms with E-state index in [2.05, 4.69) is 31.2 Å². The molecule has 0 spiro atoms. The maximum absolute atomic E-state index is 4.00. The van der Waals surface area contributed by atoms with E-state index >= 15 is 0 Å². The van der Waals surface area contributed by atoms with Gasteiger partial charge in [-0.1, -0.05) is 5.21 Å². The first-order valence-corrected chi connectivity index (χ1v) is 3.87. The summed E-state index contributed by atoms with van der Waals surface area (Å²) in [5, 5.41) is 7.80. The summed E-state index contributed by atoms with van der Waals surface area (Å²) in [5.74, 6) is 0. The van der Waals surface area contributed by atoms with Crippen molar-refractivity contribution in [2.45, 2.75) is 0 Å². The fraction of sp³-hybridized carbons (Fsp3) is 0.167. The molecule has 0 saturated carbocycles. The number of aryl methyl sites for hydroxylation is 1. The molecular formula is C6H5BrN4. The smallest absolute Gasteiger partial charge is 0.130 e. The third-order valence-corrected chi connectivity index (χ3v) is 2.06. The van der Waals surface area contributed by atoms with Crippen LogP contribution in [0.25, 0.3) is 11.0 Å². The average Bonchev–Trinajstić information content (AvgIpc) is 2.35. The summed E-state index contributed by atoms with van der Waals surface area (Å²) < 4.78 is 2.57. The first-order chi connectivity index (χ1) is 5.29. The van der Waals surface area contributed by atoms with E-state index in [1.165, 1.54) is 0 Å². The topological polar surface area (TPSA) is 43.6 Å². The summed E-state index contributed by atoms with van der Waals surface area (Å²) in [7, 11) is 1.84. The van der Waals surface area contributed by atoms with Crippen LogP contribution >= 0.6 is 15.9 Å². The van der Waals surface area contributed by atoms with E-state index in [0.29, 0.717) is 0 Å². The van der Waals surface area contributed by atoms with Crippen molar-refractivity contribution in [3.8, 4) is 0 Å². The predicted molar refractivity (Wildman–Crippen MR) is 44.0 cm³/mol. The van der Waals surface area contributed by atoms with Gasteiger partial charge in [-0.3, -0.25) is 4.98 Å². The van der Waals surface area contributed by atoms with Gasteiger partial charge in [0.05, 0.1) is 10.7 Å². The highest BCUT2D eigenvalue weighted by atomic mass is 79.9. The van der Waals surface area contributed by atoms with Gasteiger partial charge in [0.1, 0.15) is 11.0 Å². The number of aromatic nitrogens is 4. The van der Waals surface area contributed by atoms with Gasteiger partial charge in [-0.25, -0.2) is 4.68 Å². The molecule has 0 unspecified atom stereocenters. The molecule has 5 heteroatoms. The lowest BCUT2D eigenvalue weighted by atomic mass is 10.4. The molecule has 0 aliphatic carbocycles. The Morgan fingerprint density at radius 2 is 2.27 bits per heavy atom. The van der Waals surface area contributed by atoms with Crippen LogP contribution in [0.4, 0.5) is 0 Å². The lowest BCUT2D eigenvalue weighted by Gasteiger charge is -1.90. The molecule has 2 heterocycles. The minimum atomic E-state index is 0.850. The summed E-state index contributed by atoms with van der Waals surface area (Å²) in [6, 6.07) is 0. The molecule has 11 heavy (non-hydrogen) atoms. The lowest BCUT2D eigenvalue weighted by Crippen LogP contribution is -1.89. The van der Waals surface area contributed by atoms with Gasteiger partial charge in [0.25, 0.3) is 0 Å². The predicted octanol–water partition coefficient (Wildman–Crippen LogP) is 1.13. The second kappa shape index (κ2) is 2.27. The molecule has 4 nitrogen and oxygen atoms in total. The van der Waals surface area contributed by atoms with E-state index in [4.69, 9.17) is 0 Å². The minimum Gasteiger partial charge on any atom is -0.261 e. The Hall–Kier alpha value is -0.970. The van der Waals surface area contributed by atoms with Crippen molar-refractivity contribution >= 4 is 27.0 Å². The van der Waals surface area contributed by atoms with E-state index in [0.717, 1.165) is 15.5 Å². The highest BCUT2D eigenvalue weighted by Gasteiger charge is 2.03. The molecule has 0 aliphatic heterocycles. The standard InChI is InChI=1S/C6H5BrN4/c1-11-5-3-8-2-4(7)6(5)9-10-11/h2-3H,1H3. The Kier molecular flexibility index (Phi) is 1.38. The minimum absolute atomic E-state index is 0.850. The van der Waals surface area contributed by atoms with Gasteiger partial charge in [-0.15, -0.1) is 5.10 Å². The number of hydrogen-bond acceptors (Lipinski definition) is 3. The van der Waals surface area contributed by atoms with Gasteiger partial charge in [-0.05, 0) is 15.9 Å². The number of hydrogen-bond donors (Lipinski definition) is 0. The van der Waals surface area contributed by atoms with Crippen LogP contribution < -0.4 is 0 Å². The van der Waals surface area contributed by atoms with Crippen molar-refractivity contribution in [1.29, 1.82) is 0 Å². The van der Waals surface area contributed by atoms with Crippen LogP contribution in [-0.4, -0.2) is 20.0 Å². The van der Waals surface area contributed by atoms with Crippen molar-refractivity contribution in [1.82, 2.24) is 20.0 Å². The molecule has 56 valence electrons.